The van der Waals surface area contributed by atoms with Gasteiger partial charge in [0, 0.05) is 33.7 Å². The van der Waals surface area contributed by atoms with Gasteiger partial charge >= 0.3 is 0 Å². The van der Waals surface area contributed by atoms with E-state index in [4.69, 9.17) is 11.6 Å². The van der Waals surface area contributed by atoms with Crippen molar-refractivity contribution in [3.8, 4) is 28.6 Å². The number of aromatic nitrogens is 2. The highest BCUT2D eigenvalue weighted by molar-refractivity contribution is 7.99. The lowest BCUT2D eigenvalue weighted by atomic mass is 10.1. The predicted molar refractivity (Wildman–Crippen MR) is 148 cm³/mol. The van der Waals surface area contributed by atoms with E-state index in [0.717, 1.165) is 27.9 Å². The second kappa shape index (κ2) is 10.9. The molecule has 2 heterocycles. The van der Waals surface area contributed by atoms with Gasteiger partial charge in [0.1, 0.15) is 11.1 Å². The molecule has 1 N–H and O–H groups in total. The van der Waals surface area contributed by atoms with Gasteiger partial charge in [0.25, 0.3) is 0 Å². The third-order valence-corrected chi connectivity index (χ3v) is 7.49. The molecule has 5 rings (SSSR count). The Morgan fingerprint density at radius 1 is 0.944 bits per heavy atom. The third-order valence-electron chi connectivity index (χ3n) is 5.48. The van der Waals surface area contributed by atoms with Crippen LogP contribution >= 0.6 is 34.7 Å². The fourth-order valence-corrected chi connectivity index (χ4v) is 5.43. The molecule has 36 heavy (non-hydrogen) atoms. The van der Waals surface area contributed by atoms with Crippen LogP contribution in [0.4, 0.5) is 5.13 Å². The number of carbonyl (C=O) groups excluding carboxylic acids is 1. The first kappa shape index (κ1) is 24.0. The largest absolute Gasteiger partial charge is 0.302 e. The zero-order chi connectivity index (χ0) is 24.9. The Balaban J connectivity index is 1.20. The number of carbonyl (C=O) groups is 1. The molecule has 5 nitrogen and oxygen atoms in total. The minimum Gasteiger partial charge on any atom is -0.302 e. The maximum absolute atomic E-state index is 12.5. The van der Waals surface area contributed by atoms with Crippen LogP contribution in [0.1, 0.15) is 12.0 Å². The van der Waals surface area contributed by atoms with Crippen molar-refractivity contribution in [3.63, 3.8) is 0 Å². The fraction of sp³-hybridized carbons (Fsp3) is 0.0714. The van der Waals surface area contributed by atoms with Crippen LogP contribution in [-0.2, 0) is 4.79 Å². The standard InChI is InChI=1S/C28H19ClN4OS2/c29-23-10-7-19(8-11-23)24-12-9-22(16-30)27(31-24)35-14-13-26(34)33-28-32-25(17-36-28)21-6-5-18-3-1-2-4-20(18)15-21/h1-12,15,17H,13-14H2,(H,32,33,34). The Morgan fingerprint density at radius 3 is 2.53 bits per heavy atom. The molecule has 1 amide bonds. The van der Waals surface area contributed by atoms with Gasteiger partial charge in [0.2, 0.25) is 5.91 Å². The highest BCUT2D eigenvalue weighted by Gasteiger charge is 2.12. The molecule has 5 aromatic rings. The van der Waals surface area contributed by atoms with Crippen LogP contribution in [0.2, 0.25) is 5.02 Å². The van der Waals surface area contributed by atoms with Gasteiger partial charge < -0.3 is 5.32 Å². The van der Waals surface area contributed by atoms with Crippen molar-refractivity contribution in [3.05, 3.63) is 94.8 Å². The number of halogens is 1. The SMILES string of the molecule is N#Cc1ccc(-c2ccc(Cl)cc2)nc1SCCC(=O)Nc1nc(-c2ccc3ccccc3c2)cs1. The van der Waals surface area contributed by atoms with Crippen molar-refractivity contribution in [1.82, 2.24) is 9.97 Å². The van der Waals surface area contributed by atoms with Gasteiger partial charge in [-0.15, -0.1) is 23.1 Å². The van der Waals surface area contributed by atoms with Crippen molar-refractivity contribution >= 4 is 56.5 Å². The Bertz CT molecular complexity index is 1590. The second-order valence-corrected chi connectivity index (χ2v) is 10.3. The summed E-state index contributed by atoms with van der Waals surface area (Å²) in [7, 11) is 0. The van der Waals surface area contributed by atoms with Crippen LogP contribution in [-0.4, -0.2) is 21.6 Å². The number of nitrogens with one attached hydrogen (secondary N) is 1. The first-order chi connectivity index (χ1) is 17.6. The lowest BCUT2D eigenvalue weighted by Crippen LogP contribution is -2.12. The normalized spacial score (nSPS) is 10.8. The van der Waals surface area contributed by atoms with E-state index in [2.05, 4.69) is 45.6 Å². The van der Waals surface area contributed by atoms with E-state index >= 15 is 0 Å². The number of thioether (sulfide) groups is 1. The number of pyridine rings is 1. The molecule has 0 fully saturated rings. The average molecular weight is 527 g/mol. The van der Waals surface area contributed by atoms with Crippen molar-refractivity contribution in [2.24, 2.45) is 0 Å². The molecule has 0 spiro atoms. The summed E-state index contributed by atoms with van der Waals surface area (Å²) in [6, 6.07) is 27.5. The van der Waals surface area contributed by atoms with Gasteiger partial charge in [-0.25, -0.2) is 9.97 Å². The second-order valence-electron chi connectivity index (χ2n) is 7.91. The molecule has 0 saturated carbocycles. The Kier molecular flexibility index (Phi) is 7.28. The fourth-order valence-electron chi connectivity index (χ4n) is 3.65. The molecule has 3 aromatic carbocycles. The first-order valence-corrected chi connectivity index (χ1v) is 13.4. The lowest BCUT2D eigenvalue weighted by Gasteiger charge is -2.07. The molecule has 0 radical (unpaired) electrons. The molecular weight excluding hydrogens is 508 g/mol. The summed E-state index contributed by atoms with van der Waals surface area (Å²) in [5, 5.41) is 18.4. The number of anilines is 1. The summed E-state index contributed by atoms with van der Waals surface area (Å²) < 4.78 is 0. The molecule has 2 aromatic heterocycles. The summed E-state index contributed by atoms with van der Waals surface area (Å²) in [4.78, 5) is 21.8. The maximum Gasteiger partial charge on any atom is 0.226 e. The zero-order valence-corrected chi connectivity index (χ0v) is 21.3. The number of nitrogens with zero attached hydrogens (tertiary/aromatic N) is 3. The number of fused-ring (bicyclic) bond motifs is 1. The number of hydrogen-bond donors (Lipinski definition) is 1. The number of rotatable bonds is 7. The van der Waals surface area contributed by atoms with Crippen LogP contribution < -0.4 is 5.32 Å². The third kappa shape index (κ3) is 5.58. The quantitative estimate of drug-likeness (QED) is 0.220. The van der Waals surface area contributed by atoms with E-state index < -0.39 is 0 Å². The van der Waals surface area contributed by atoms with E-state index in [9.17, 15) is 10.1 Å². The molecular formula is C28H19ClN4OS2. The Morgan fingerprint density at radius 2 is 1.72 bits per heavy atom. The molecule has 0 saturated heterocycles. The number of benzene rings is 3. The van der Waals surface area contributed by atoms with E-state index in [0.29, 0.717) is 26.5 Å². The molecule has 0 bridgehead atoms. The van der Waals surface area contributed by atoms with E-state index in [1.165, 1.54) is 28.5 Å². The summed E-state index contributed by atoms with van der Waals surface area (Å²) in [6.45, 7) is 0. The monoisotopic (exact) mass is 526 g/mol. The van der Waals surface area contributed by atoms with Crippen molar-refractivity contribution in [2.45, 2.75) is 11.4 Å². The van der Waals surface area contributed by atoms with Crippen molar-refractivity contribution in [2.75, 3.05) is 11.1 Å². The van der Waals surface area contributed by atoms with Gasteiger partial charge in [-0.3, -0.25) is 4.79 Å². The van der Waals surface area contributed by atoms with E-state index in [1.807, 2.05) is 41.8 Å². The van der Waals surface area contributed by atoms with E-state index in [1.54, 1.807) is 18.2 Å². The minimum atomic E-state index is -0.130. The Labute approximate surface area is 221 Å². The summed E-state index contributed by atoms with van der Waals surface area (Å²) in [5.41, 5.74) is 3.99. The van der Waals surface area contributed by atoms with Crippen LogP contribution in [0.5, 0.6) is 0 Å². The summed E-state index contributed by atoms with van der Waals surface area (Å²) >= 11 is 8.77. The van der Waals surface area contributed by atoms with Gasteiger partial charge in [0.15, 0.2) is 5.13 Å². The average Bonchev–Trinajstić information content (AvgIpc) is 3.37. The van der Waals surface area contributed by atoms with Crippen molar-refractivity contribution in [1.29, 1.82) is 5.26 Å². The zero-order valence-electron chi connectivity index (χ0n) is 18.9. The number of thiazole rings is 1. The highest BCUT2D eigenvalue weighted by Crippen LogP contribution is 2.29. The van der Waals surface area contributed by atoms with Gasteiger partial charge in [0.05, 0.1) is 17.0 Å². The van der Waals surface area contributed by atoms with Crippen LogP contribution in [0.3, 0.4) is 0 Å². The number of amides is 1. The van der Waals surface area contributed by atoms with Gasteiger partial charge in [-0.2, -0.15) is 5.26 Å². The highest BCUT2D eigenvalue weighted by atomic mass is 35.5. The minimum absolute atomic E-state index is 0.130. The topological polar surface area (TPSA) is 78.7 Å². The van der Waals surface area contributed by atoms with Gasteiger partial charge in [-0.05, 0) is 41.1 Å². The molecule has 8 heteroatoms. The van der Waals surface area contributed by atoms with Gasteiger partial charge in [-0.1, -0.05) is 60.1 Å². The summed E-state index contributed by atoms with van der Waals surface area (Å²) in [5.74, 6) is 0.356. The van der Waals surface area contributed by atoms with Crippen LogP contribution in [0.15, 0.2) is 89.3 Å². The van der Waals surface area contributed by atoms with Crippen LogP contribution in [0.25, 0.3) is 33.3 Å². The van der Waals surface area contributed by atoms with E-state index in [-0.39, 0.29) is 12.3 Å². The summed E-state index contributed by atoms with van der Waals surface area (Å²) in [6.07, 6.45) is 0.271. The predicted octanol–water partition coefficient (Wildman–Crippen LogP) is 7.67. The molecule has 0 aliphatic rings. The first-order valence-electron chi connectivity index (χ1n) is 11.1. The van der Waals surface area contributed by atoms with Crippen molar-refractivity contribution < 1.29 is 4.79 Å². The smallest absolute Gasteiger partial charge is 0.226 e. The molecule has 0 atom stereocenters. The molecule has 0 unspecified atom stereocenters. The number of nitriles is 1. The molecule has 176 valence electrons. The van der Waals surface area contributed by atoms with Crippen LogP contribution in [0, 0.1) is 11.3 Å². The molecule has 0 aliphatic heterocycles. The lowest BCUT2D eigenvalue weighted by molar-refractivity contribution is -0.115. The Hall–Kier alpha value is -3.70. The maximum atomic E-state index is 12.5. The number of hydrogen-bond acceptors (Lipinski definition) is 6. The molecule has 0 aliphatic carbocycles.